The summed E-state index contributed by atoms with van der Waals surface area (Å²) in [5.41, 5.74) is 5.22. The number of rotatable bonds is 5. The molecule has 168 valence electrons. The fourth-order valence-electron chi connectivity index (χ4n) is 4.81. The van der Waals surface area contributed by atoms with Gasteiger partial charge in [-0.15, -0.1) is 0 Å². The number of likely N-dealkylation sites (N-methyl/N-ethyl adjacent to an activating group) is 1. The highest BCUT2D eigenvalue weighted by Crippen LogP contribution is 2.39. The number of carbonyl (C=O) groups is 2. The van der Waals surface area contributed by atoms with Crippen molar-refractivity contribution in [2.45, 2.75) is 20.8 Å². The maximum atomic E-state index is 14.1. The van der Waals surface area contributed by atoms with Crippen LogP contribution in [0.5, 0.6) is 0 Å². The Morgan fingerprint density at radius 3 is 2.21 bits per heavy atom. The fraction of sp³-hybridized carbons (Fsp3) is 0.133. The van der Waals surface area contributed by atoms with E-state index in [1.165, 1.54) is 4.90 Å². The average molecular weight is 447 g/mol. The van der Waals surface area contributed by atoms with Crippen molar-refractivity contribution < 1.29 is 9.59 Å². The Labute approximate surface area is 199 Å². The highest BCUT2D eigenvalue weighted by molar-refractivity contribution is 6.47. The molecule has 0 fully saturated rings. The van der Waals surface area contributed by atoms with Gasteiger partial charge >= 0.3 is 0 Å². The molecule has 0 spiro atoms. The second kappa shape index (κ2) is 8.64. The van der Waals surface area contributed by atoms with Gasteiger partial charge in [0.2, 0.25) is 0 Å². The number of amides is 2. The summed E-state index contributed by atoms with van der Waals surface area (Å²) in [6.07, 6.45) is 0. The van der Waals surface area contributed by atoms with Crippen LogP contribution in [-0.2, 0) is 9.59 Å². The van der Waals surface area contributed by atoms with Gasteiger partial charge in [0.1, 0.15) is 5.70 Å². The second-order valence-corrected chi connectivity index (χ2v) is 8.57. The van der Waals surface area contributed by atoms with E-state index in [9.17, 15) is 9.59 Å². The summed E-state index contributed by atoms with van der Waals surface area (Å²) in [7, 11) is 0. The number of anilines is 2. The molecule has 0 saturated carbocycles. The van der Waals surface area contributed by atoms with Crippen molar-refractivity contribution in [3.8, 4) is 0 Å². The molecule has 2 amide bonds. The van der Waals surface area contributed by atoms with E-state index >= 15 is 0 Å². The summed E-state index contributed by atoms with van der Waals surface area (Å²) >= 11 is 0. The van der Waals surface area contributed by atoms with E-state index in [1.807, 2.05) is 111 Å². The first-order valence-electron chi connectivity index (χ1n) is 11.5. The van der Waals surface area contributed by atoms with Crippen LogP contribution < -0.4 is 9.80 Å². The van der Waals surface area contributed by atoms with Gasteiger partial charge in [0.05, 0.1) is 11.3 Å². The van der Waals surface area contributed by atoms with Crippen molar-refractivity contribution in [1.29, 1.82) is 0 Å². The van der Waals surface area contributed by atoms with E-state index in [2.05, 4.69) is 6.07 Å². The lowest BCUT2D eigenvalue weighted by atomic mass is 9.97. The summed E-state index contributed by atoms with van der Waals surface area (Å²) in [5, 5.41) is 1.85. The van der Waals surface area contributed by atoms with Gasteiger partial charge < -0.3 is 4.90 Å². The third kappa shape index (κ3) is 3.48. The number of aryl methyl sites for hydroxylation is 2. The molecule has 0 saturated heterocycles. The zero-order chi connectivity index (χ0) is 23.8. The van der Waals surface area contributed by atoms with E-state index in [1.54, 1.807) is 0 Å². The first-order chi connectivity index (χ1) is 16.5. The molecule has 0 aliphatic carbocycles. The first-order valence-corrected chi connectivity index (χ1v) is 11.5. The van der Waals surface area contributed by atoms with E-state index in [0.29, 0.717) is 23.5 Å². The van der Waals surface area contributed by atoms with Crippen LogP contribution in [-0.4, -0.2) is 18.4 Å². The number of fused-ring (bicyclic) bond motifs is 1. The largest absolute Gasteiger partial charge is 0.337 e. The van der Waals surface area contributed by atoms with Gasteiger partial charge in [-0.25, -0.2) is 4.90 Å². The number of imide groups is 1. The summed E-state index contributed by atoms with van der Waals surface area (Å²) in [4.78, 5) is 31.5. The number of para-hydroxylation sites is 1. The topological polar surface area (TPSA) is 40.6 Å². The van der Waals surface area contributed by atoms with Crippen LogP contribution >= 0.6 is 0 Å². The normalized spacial score (nSPS) is 13.8. The van der Waals surface area contributed by atoms with Crippen LogP contribution in [0.2, 0.25) is 0 Å². The Kier molecular flexibility index (Phi) is 5.50. The quantitative estimate of drug-likeness (QED) is 0.339. The van der Waals surface area contributed by atoms with Gasteiger partial charge in [0, 0.05) is 17.6 Å². The molecule has 0 radical (unpaired) electrons. The minimum atomic E-state index is -0.304. The van der Waals surface area contributed by atoms with Crippen LogP contribution in [0.25, 0.3) is 16.3 Å². The van der Waals surface area contributed by atoms with Gasteiger partial charge in [0.15, 0.2) is 0 Å². The summed E-state index contributed by atoms with van der Waals surface area (Å²) in [5.74, 6) is -0.597. The Hall–Kier alpha value is -4.18. The van der Waals surface area contributed by atoms with E-state index in [-0.39, 0.29) is 11.8 Å². The molecule has 1 aliphatic heterocycles. The lowest BCUT2D eigenvalue weighted by Crippen LogP contribution is -2.35. The lowest BCUT2D eigenvalue weighted by molar-refractivity contribution is -0.120. The Morgan fingerprint density at radius 1 is 0.765 bits per heavy atom. The molecule has 0 atom stereocenters. The lowest BCUT2D eigenvalue weighted by Gasteiger charge is -2.25. The van der Waals surface area contributed by atoms with Crippen LogP contribution in [0.3, 0.4) is 0 Å². The molecule has 1 heterocycles. The summed E-state index contributed by atoms with van der Waals surface area (Å²) < 4.78 is 0. The molecule has 0 aromatic heterocycles. The zero-order valence-electron chi connectivity index (χ0n) is 19.6. The molecule has 4 aromatic rings. The minimum Gasteiger partial charge on any atom is -0.337 e. The van der Waals surface area contributed by atoms with Crippen LogP contribution in [0, 0.1) is 13.8 Å². The second-order valence-electron chi connectivity index (χ2n) is 8.57. The van der Waals surface area contributed by atoms with E-state index < -0.39 is 0 Å². The molecule has 4 heteroatoms. The van der Waals surface area contributed by atoms with Crippen molar-refractivity contribution in [2.75, 3.05) is 16.3 Å². The van der Waals surface area contributed by atoms with Gasteiger partial charge in [0.25, 0.3) is 11.8 Å². The number of hydrogen-bond acceptors (Lipinski definition) is 3. The van der Waals surface area contributed by atoms with Gasteiger partial charge in [-0.05, 0) is 55.5 Å². The Balaban J connectivity index is 1.75. The minimum absolute atomic E-state index is 0.294. The van der Waals surface area contributed by atoms with Gasteiger partial charge in [-0.3, -0.25) is 9.59 Å². The van der Waals surface area contributed by atoms with Crippen LogP contribution in [0.4, 0.5) is 11.4 Å². The molecular formula is C30H26N2O2. The summed E-state index contributed by atoms with van der Waals surface area (Å²) in [6.45, 7) is 6.57. The molecule has 4 aromatic carbocycles. The third-order valence-corrected chi connectivity index (χ3v) is 6.37. The Morgan fingerprint density at radius 2 is 1.47 bits per heavy atom. The fourth-order valence-corrected chi connectivity index (χ4v) is 4.81. The standard InChI is InChI=1S/C30H26N2O2/c1-4-31(23-13-6-5-7-14-23)28-27(24-18-17-20(2)19-21(24)3)29(33)32(30(28)34)26-16-10-12-22-11-8-9-15-25(22)26/h5-19H,4H2,1-3H3. The van der Waals surface area contributed by atoms with Crippen LogP contribution in [0.15, 0.2) is 96.7 Å². The smallest absolute Gasteiger partial charge is 0.282 e. The van der Waals surface area contributed by atoms with Crippen molar-refractivity contribution >= 4 is 39.5 Å². The van der Waals surface area contributed by atoms with Crippen LogP contribution in [0.1, 0.15) is 23.6 Å². The van der Waals surface area contributed by atoms with Crippen molar-refractivity contribution in [3.63, 3.8) is 0 Å². The highest BCUT2D eigenvalue weighted by Gasteiger charge is 2.43. The molecule has 4 nitrogen and oxygen atoms in total. The van der Waals surface area contributed by atoms with Crippen molar-refractivity contribution in [1.82, 2.24) is 0 Å². The highest BCUT2D eigenvalue weighted by atomic mass is 16.2. The maximum Gasteiger partial charge on any atom is 0.282 e. The molecule has 34 heavy (non-hydrogen) atoms. The maximum absolute atomic E-state index is 14.1. The predicted molar refractivity (Wildman–Crippen MR) is 139 cm³/mol. The third-order valence-electron chi connectivity index (χ3n) is 6.37. The number of hydrogen-bond donors (Lipinski definition) is 0. The summed E-state index contributed by atoms with van der Waals surface area (Å²) in [6, 6.07) is 29.3. The van der Waals surface area contributed by atoms with Gasteiger partial charge in [-0.2, -0.15) is 0 Å². The number of carbonyl (C=O) groups excluding carboxylic acids is 2. The van der Waals surface area contributed by atoms with Crippen molar-refractivity contribution in [3.05, 3.63) is 113 Å². The van der Waals surface area contributed by atoms with E-state index in [0.717, 1.165) is 33.2 Å². The van der Waals surface area contributed by atoms with Gasteiger partial charge in [-0.1, -0.05) is 78.4 Å². The molecule has 1 aliphatic rings. The molecule has 0 bridgehead atoms. The number of benzene rings is 4. The number of nitrogens with zero attached hydrogens (tertiary/aromatic N) is 2. The SMILES string of the molecule is CCN(C1=C(c2ccc(C)cc2C)C(=O)N(c2cccc3ccccc23)C1=O)c1ccccc1. The van der Waals surface area contributed by atoms with Crippen molar-refractivity contribution in [2.24, 2.45) is 0 Å². The predicted octanol–water partition coefficient (Wildman–Crippen LogP) is 6.27. The Bertz CT molecular complexity index is 1450. The first kappa shape index (κ1) is 21.7. The zero-order valence-corrected chi connectivity index (χ0v) is 19.6. The monoisotopic (exact) mass is 446 g/mol. The molecule has 0 N–H and O–H groups in total. The average Bonchev–Trinajstić information content (AvgIpc) is 3.10. The molecule has 0 unspecified atom stereocenters. The van der Waals surface area contributed by atoms with E-state index in [4.69, 9.17) is 0 Å². The molecular weight excluding hydrogens is 420 g/mol. The molecule has 5 rings (SSSR count).